The zero-order valence-electron chi connectivity index (χ0n) is 23.2. The molecule has 2 aliphatic rings. The van der Waals surface area contributed by atoms with Crippen LogP contribution in [0.2, 0.25) is 0 Å². The number of rotatable bonds is 0. The van der Waals surface area contributed by atoms with E-state index in [1.165, 1.54) is 0 Å². The summed E-state index contributed by atoms with van der Waals surface area (Å²) in [6, 6.07) is 32.2. The van der Waals surface area contributed by atoms with Crippen molar-refractivity contribution in [2.75, 3.05) is 0 Å². The van der Waals surface area contributed by atoms with E-state index in [0.29, 0.717) is 45.9 Å². The quantitative estimate of drug-likeness (QED) is 0.102. The minimum atomic E-state index is -4.44. The Balaban J connectivity index is 0.000000526. The first kappa shape index (κ1) is 29.7. The fourth-order valence-electron chi connectivity index (χ4n) is 5.59. The third-order valence-electron chi connectivity index (χ3n) is 7.46. The average molecular weight is 694 g/mol. The molecule has 7 aromatic rings. The van der Waals surface area contributed by atoms with E-state index in [1.54, 1.807) is 0 Å². The van der Waals surface area contributed by atoms with Gasteiger partial charge in [0, 0.05) is 54.5 Å². The Kier molecular flexibility index (Phi) is 7.35. The van der Waals surface area contributed by atoms with Crippen molar-refractivity contribution in [2.45, 2.75) is 0 Å². The second kappa shape index (κ2) is 11.4. The van der Waals surface area contributed by atoms with Crippen LogP contribution in [0.4, 0.5) is 0 Å². The minimum Gasteiger partial charge on any atom is -0.735 e. The first-order chi connectivity index (χ1) is 21.8. The zero-order valence-corrected chi connectivity index (χ0v) is 25.7. The summed E-state index contributed by atoms with van der Waals surface area (Å²) in [5.74, 6) is 2.39. The summed E-state index contributed by atoms with van der Waals surface area (Å²) in [5.41, 5.74) is 6.45. The molecule has 0 fully saturated rings. The summed E-state index contributed by atoms with van der Waals surface area (Å²) in [5, 5.41) is 3.82. The van der Waals surface area contributed by atoms with Crippen molar-refractivity contribution in [1.82, 2.24) is 39.9 Å². The van der Waals surface area contributed by atoms with Gasteiger partial charge in [0.05, 0.1) is 0 Å². The van der Waals surface area contributed by atoms with Crippen LogP contribution in [0.3, 0.4) is 0 Å². The molecule has 0 aliphatic carbocycles. The van der Waals surface area contributed by atoms with Crippen LogP contribution < -0.4 is 0 Å². The molecule has 0 saturated carbocycles. The molecule has 4 aromatic carbocycles. The van der Waals surface area contributed by atoms with Crippen LogP contribution in [-0.4, -0.2) is 52.8 Å². The number of nitrogens with zero attached hydrogens (tertiary/aromatic N) is 6. The van der Waals surface area contributed by atoms with E-state index in [2.05, 4.69) is 20.7 Å². The smallest absolute Gasteiger partial charge is 0.735 e. The van der Waals surface area contributed by atoms with Gasteiger partial charge in [-0.2, -0.15) is 0 Å². The van der Waals surface area contributed by atoms with Crippen LogP contribution in [-0.2, 0) is 26.4 Å². The Morgan fingerprint density at radius 3 is 0.913 bits per heavy atom. The van der Waals surface area contributed by atoms with Gasteiger partial charge in [0.2, 0.25) is 0 Å². The van der Waals surface area contributed by atoms with Gasteiger partial charge < -0.3 is 14.5 Å². The number of H-pyrrole nitrogens is 2. The third kappa shape index (κ3) is 5.30. The van der Waals surface area contributed by atoms with Crippen molar-refractivity contribution >= 4 is 64.1 Å². The van der Waals surface area contributed by atoms with Gasteiger partial charge in [0.1, 0.15) is 22.6 Å². The van der Waals surface area contributed by atoms with E-state index < -0.39 is 9.33 Å². The molecular weight excluding hydrogens is 675 g/mol. The molecule has 2 N–H and O–H groups in total. The van der Waals surface area contributed by atoms with Crippen LogP contribution in [0, 0.1) is 0 Å². The molecule has 0 saturated heterocycles. The summed E-state index contributed by atoms with van der Waals surface area (Å²) in [4.78, 5) is 36.8. The summed E-state index contributed by atoms with van der Waals surface area (Å²) in [7, 11) is -0.498. The SMILES string of the molecule is O=S(=O)([O-])Cl.[Cu+].c1ccc2c(c1)-c1nc-2nc2[nH]c(nc3nc(nc4[nH]c(n1)c1ccccc41)-c1ccccc1-3)c1ccccc21. The van der Waals surface area contributed by atoms with E-state index in [0.717, 1.165) is 43.8 Å². The van der Waals surface area contributed by atoms with Gasteiger partial charge in [-0.25, -0.2) is 38.3 Å². The second-order valence-corrected chi connectivity index (χ2v) is 12.1. The molecule has 3 aromatic heterocycles. The number of aromatic nitrogens is 8. The van der Waals surface area contributed by atoms with Crippen molar-refractivity contribution in [3.05, 3.63) is 97.1 Å². The number of fused-ring (bicyclic) bond motifs is 20. The zero-order chi connectivity index (χ0) is 30.7. The van der Waals surface area contributed by atoms with E-state index in [1.807, 2.05) is 97.1 Å². The molecule has 5 heterocycles. The standard InChI is InChI=1S/C32H18N8.ClHO3S.Cu/c1-2-10-18-17(9-1)25-33-26(18)38-28-21-13-5-6-14-22(21)30(35-28)40-32-24-16-8-7-15-23(24)31(36-32)39-29-20-12-4-3-11-19(20)27(34-29)37-25;1-5(2,3)4;/h1-16H,(H2,33,34,35,36,37,38,39,40);(H,2,3,4);/q;;+1/p-1. The number of aromatic amines is 2. The average Bonchev–Trinajstić information content (AvgIpc) is 3.76. The largest absolute Gasteiger partial charge is 1.00 e. The van der Waals surface area contributed by atoms with Crippen LogP contribution in [0.25, 0.3) is 89.7 Å². The number of benzene rings is 4. The summed E-state index contributed by atoms with van der Waals surface area (Å²) in [6.45, 7) is 0. The van der Waals surface area contributed by atoms with Crippen molar-refractivity contribution in [2.24, 2.45) is 0 Å². The predicted molar refractivity (Wildman–Crippen MR) is 172 cm³/mol. The van der Waals surface area contributed by atoms with Crippen molar-refractivity contribution in [1.29, 1.82) is 0 Å². The van der Waals surface area contributed by atoms with Crippen LogP contribution in [0.15, 0.2) is 97.1 Å². The van der Waals surface area contributed by atoms with Gasteiger partial charge in [-0.05, 0) is 0 Å². The summed E-state index contributed by atoms with van der Waals surface area (Å²) in [6.07, 6.45) is 0. The first-order valence-corrected chi connectivity index (χ1v) is 15.9. The van der Waals surface area contributed by atoms with Crippen LogP contribution in [0.1, 0.15) is 0 Å². The van der Waals surface area contributed by atoms with Gasteiger partial charge in [0.15, 0.2) is 32.6 Å². The number of halogens is 1. The second-order valence-electron chi connectivity index (χ2n) is 10.2. The molecule has 0 spiro atoms. The Bertz CT molecular complexity index is 2300. The monoisotopic (exact) mass is 692 g/mol. The van der Waals surface area contributed by atoms with Gasteiger partial charge in [-0.1, -0.05) is 97.1 Å². The molecular formula is C32H18ClCuN8O3S. The van der Waals surface area contributed by atoms with E-state index in [-0.39, 0.29) is 17.1 Å². The molecule has 2 aliphatic heterocycles. The molecule has 11 nitrogen and oxygen atoms in total. The van der Waals surface area contributed by atoms with Crippen LogP contribution >= 0.6 is 10.7 Å². The van der Waals surface area contributed by atoms with Crippen molar-refractivity contribution in [3.8, 4) is 45.6 Å². The van der Waals surface area contributed by atoms with Gasteiger partial charge in [-0.15, -0.1) is 0 Å². The maximum atomic E-state index is 8.84. The Morgan fingerprint density at radius 1 is 0.457 bits per heavy atom. The Labute approximate surface area is 275 Å². The molecule has 0 atom stereocenters. The summed E-state index contributed by atoms with van der Waals surface area (Å²) < 4.78 is 26.5. The molecule has 46 heavy (non-hydrogen) atoms. The van der Waals surface area contributed by atoms with Gasteiger partial charge >= 0.3 is 17.1 Å². The van der Waals surface area contributed by atoms with Crippen molar-refractivity contribution < 1.29 is 30.0 Å². The predicted octanol–water partition coefficient (Wildman–Crippen LogP) is 6.55. The first-order valence-electron chi connectivity index (χ1n) is 13.6. The van der Waals surface area contributed by atoms with Gasteiger partial charge in [0.25, 0.3) is 0 Å². The third-order valence-corrected chi connectivity index (χ3v) is 7.46. The summed E-state index contributed by atoms with van der Waals surface area (Å²) >= 11 is 0. The molecule has 8 bridgehead atoms. The van der Waals surface area contributed by atoms with Gasteiger partial charge in [-0.3, -0.25) is 0 Å². The fraction of sp³-hybridized carbons (Fsp3) is 0. The Morgan fingerprint density at radius 2 is 0.674 bits per heavy atom. The normalized spacial score (nSPS) is 11.7. The molecule has 228 valence electrons. The molecule has 9 rings (SSSR count). The van der Waals surface area contributed by atoms with Crippen molar-refractivity contribution in [3.63, 3.8) is 0 Å². The van der Waals surface area contributed by atoms with E-state index >= 15 is 0 Å². The number of hydrogen-bond donors (Lipinski definition) is 2. The van der Waals surface area contributed by atoms with E-state index in [9.17, 15) is 0 Å². The molecule has 14 heteroatoms. The molecule has 0 radical (unpaired) electrons. The number of nitrogens with one attached hydrogen (secondary N) is 2. The fourth-order valence-corrected chi connectivity index (χ4v) is 5.59. The maximum Gasteiger partial charge on any atom is 1.00 e. The minimum absolute atomic E-state index is 0. The Hall–Kier alpha value is -5.04. The van der Waals surface area contributed by atoms with Crippen LogP contribution in [0.5, 0.6) is 0 Å². The van der Waals surface area contributed by atoms with E-state index in [4.69, 9.17) is 42.9 Å². The molecule has 0 unspecified atom stereocenters. The topological polar surface area (TPSA) is 166 Å². The molecule has 0 amide bonds. The number of hydrogen-bond acceptors (Lipinski definition) is 9. The maximum absolute atomic E-state index is 8.84.